The molecule has 0 aliphatic carbocycles. The Morgan fingerprint density at radius 1 is 0.969 bits per heavy atom. The van der Waals surface area contributed by atoms with Crippen LogP contribution in [0.25, 0.3) is 0 Å². The van der Waals surface area contributed by atoms with E-state index in [1.54, 1.807) is 24.3 Å². The Hall–Kier alpha value is -1.74. The number of hydrogen-bond donors (Lipinski definition) is 1. The molecule has 0 saturated heterocycles. The van der Waals surface area contributed by atoms with Crippen LogP contribution in [0.15, 0.2) is 76.5 Å². The van der Waals surface area contributed by atoms with E-state index < -0.39 is 22.5 Å². The molecule has 0 unspecified atom stereocenters. The molecule has 1 amide bonds. The van der Waals surface area contributed by atoms with Gasteiger partial charge in [0.1, 0.15) is 0 Å². The first-order valence-electron chi connectivity index (χ1n) is 9.33. The zero-order valence-electron chi connectivity index (χ0n) is 16.9. The van der Waals surface area contributed by atoms with E-state index in [0.717, 1.165) is 9.20 Å². The molecule has 168 valence electrons. The Kier molecular flexibility index (Phi) is 8.49. The second-order valence-electron chi connectivity index (χ2n) is 6.71. The first-order chi connectivity index (χ1) is 15.2. The molecule has 3 aromatic rings. The number of benzene rings is 3. The van der Waals surface area contributed by atoms with Crippen molar-refractivity contribution in [2.45, 2.75) is 16.3 Å². The number of amides is 1. The lowest BCUT2D eigenvalue weighted by atomic mass is 10.2. The van der Waals surface area contributed by atoms with Crippen LogP contribution in [-0.4, -0.2) is 31.4 Å². The second-order valence-corrected chi connectivity index (χ2v) is 10.8. The number of halogens is 3. The normalized spacial score (nSPS) is 11.5. The van der Waals surface area contributed by atoms with Crippen LogP contribution >= 0.6 is 46.6 Å². The summed E-state index contributed by atoms with van der Waals surface area (Å²) in [6.07, 6.45) is 1.89. The molecule has 0 heterocycles. The third kappa shape index (κ3) is 6.19. The van der Waals surface area contributed by atoms with Crippen LogP contribution in [0, 0.1) is 0 Å². The molecule has 1 N–H and O–H groups in total. The fraction of sp³-hybridized carbons (Fsp3) is 0.136. The van der Waals surface area contributed by atoms with Gasteiger partial charge in [-0.1, -0.05) is 53.0 Å². The van der Waals surface area contributed by atoms with Gasteiger partial charge in [0.2, 0.25) is 15.9 Å². The molecule has 0 aliphatic rings. The largest absolute Gasteiger partial charge is 0.324 e. The fourth-order valence-electron chi connectivity index (χ4n) is 2.92. The number of thioether (sulfide) groups is 1. The highest BCUT2D eigenvalue weighted by atomic mass is 35.5. The molecule has 0 aromatic heterocycles. The summed E-state index contributed by atoms with van der Waals surface area (Å²) in [5.41, 5.74) is 1.13. The van der Waals surface area contributed by atoms with Gasteiger partial charge < -0.3 is 5.32 Å². The van der Waals surface area contributed by atoms with E-state index >= 15 is 0 Å². The summed E-state index contributed by atoms with van der Waals surface area (Å²) in [6, 6.07) is 17.8. The molecule has 0 spiro atoms. The van der Waals surface area contributed by atoms with Crippen LogP contribution in [-0.2, 0) is 21.4 Å². The van der Waals surface area contributed by atoms with Crippen LogP contribution < -0.4 is 5.32 Å². The van der Waals surface area contributed by atoms with Gasteiger partial charge in [-0.3, -0.25) is 4.79 Å². The maximum absolute atomic E-state index is 13.4. The van der Waals surface area contributed by atoms with Crippen LogP contribution in [0.3, 0.4) is 0 Å². The van der Waals surface area contributed by atoms with Crippen LogP contribution in [0.1, 0.15) is 5.56 Å². The minimum Gasteiger partial charge on any atom is -0.324 e. The molecule has 0 saturated carbocycles. The Balaban J connectivity index is 1.92. The lowest BCUT2D eigenvalue weighted by Crippen LogP contribution is -2.37. The number of hydrogen-bond acceptors (Lipinski definition) is 4. The highest BCUT2D eigenvalue weighted by Crippen LogP contribution is 2.27. The van der Waals surface area contributed by atoms with Gasteiger partial charge in [0.05, 0.1) is 17.1 Å². The summed E-state index contributed by atoms with van der Waals surface area (Å²) in [6.45, 7) is -0.523. The predicted octanol–water partition coefficient (Wildman–Crippen LogP) is 6.20. The van der Waals surface area contributed by atoms with E-state index in [1.807, 2.05) is 18.4 Å². The van der Waals surface area contributed by atoms with E-state index in [1.165, 1.54) is 42.1 Å². The molecule has 0 bridgehead atoms. The highest BCUT2D eigenvalue weighted by molar-refractivity contribution is 7.98. The first-order valence-corrected chi connectivity index (χ1v) is 13.1. The first kappa shape index (κ1) is 24.9. The van der Waals surface area contributed by atoms with Gasteiger partial charge in [-0.05, 0) is 60.4 Å². The molecule has 0 fully saturated rings. The van der Waals surface area contributed by atoms with E-state index in [0.29, 0.717) is 26.3 Å². The number of carbonyl (C=O) groups is 1. The maximum Gasteiger partial charge on any atom is 0.243 e. The van der Waals surface area contributed by atoms with Gasteiger partial charge in [0.15, 0.2) is 0 Å². The number of rotatable bonds is 8. The summed E-state index contributed by atoms with van der Waals surface area (Å²) in [7, 11) is -4.03. The van der Waals surface area contributed by atoms with Crippen LogP contribution in [0.2, 0.25) is 15.1 Å². The molecular formula is C22H19Cl3N2O3S2. The summed E-state index contributed by atoms with van der Waals surface area (Å²) < 4.78 is 27.8. The van der Waals surface area contributed by atoms with Gasteiger partial charge in [-0.15, -0.1) is 11.8 Å². The van der Waals surface area contributed by atoms with Crippen LogP contribution in [0.4, 0.5) is 5.69 Å². The van der Waals surface area contributed by atoms with E-state index in [4.69, 9.17) is 34.8 Å². The lowest BCUT2D eigenvalue weighted by Gasteiger charge is -2.23. The Labute approximate surface area is 206 Å². The molecule has 0 atom stereocenters. The topological polar surface area (TPSA) is 66.5 Å². The van der Waals surface area contributed by atoms with Crippen molar-refractivity contribution in [2.24, 2.45) is 0 Å². The number of carbonyl (C=O) groups excluding carboxylic acids is 1. The number of para-hydroxylation sites is 1. The SMILES string of the molecule is CSc1ccccc1NC(=O)CN(Cc1ccc(Cl)cc1Cl)S(=O)(=O)c1ccc(Cl)cc1. The fourth-order valence-corrected chi connectivity index (χ4v) is 5.44. The molecule has 0 radical (unpaired) electrons. The quantitative estimate of drug-likeness (QED) is 0.353. The van der Waals surface area contributed by atoms with Crippen molar-refractivity contribution < 1.29 is 13.2 Å². The Morgan fingerprint density at radius 3 is 2.28 bits per heavy atom. The van der Waals surface area contributed by atoms with Crippen molar-refractivity contribution in [3.05, 3.63) is 87.4 Å². The minimum absolute atomic E-state index is 0.0179. The van der Waals surface area contributed by atoms with Crippen molar-refractivity contribution in [1.82, 2.24) is 4.31 Å². The van der Waals surface area contributed by atoms with Gasteiger partial charge in [-0.2, -0.15) is 4.31 Å². The van der Waals surface area contributed by atoms with Crippen molar-refractivity contribution in [1.29, 1.82) is 0 Å². The van der Waals surface area contributed by atoms with E-state index in [-0.39, 0.29) is 11.4 Å². The van der Waals surface area contributed by atoms with Crippen molar-refractivity contribution >= 4 is 68.2 Å². The maximum atomic E-state index is 13.4. The Morgan fingerprint density at radius 2 is 1.62 bits per heavy atom. The summed E-state index contributed by atoms with van der Waals surface area (Å²) >= 11 is 19.6. The third-order valence-corrected chi connectivity index (χ3v) is 7.95. The smallest absolute Gasteiger partial charge is 0.243 e. The standard InChI is InChI=1S/C22H19Cl3N2O3S2/c1-31-21-5-3-2-4-20(21)26-22(28)14-27(13-15-6-7-17(24)12-19(15)25)32(29,30)18-10-8-16(23)9-11-18/h2-12H,13-14H2,1H3,(H,26,28). The molecule has 5 nitrogen and oxygen atoms in total. The number of sulfonamides is 1. The van der Waals surface area contributed by atoms with Crippen molar-refractivity contribution in [3.63, 3.8) is 0 Å². The van der Waals surface area contributed by atoms with Gasteiger partial charge in [-0.25, -0.2) is 8.42 Å². The zero-order chi connectivity index (χ0) is 23.3. The third-order valence-electron chi connectivity index (χ3n) is 4.51. The van der Waals surface area contributed by atoms with Gasteiger partial charge in [0.25, 0.3) is 0 Å². The second kappa shape index (κ2) is 10.9. The van der Waals surface area contributed by atoms with Gasteiger partial charge in [0, 0.05) is 26.5 Å². The van der Waals surface area contributed by atoms with E-state index in [9.17, 15) is 13.2 Å². The molecule has 32 heavy (non-hydrogen) atoms. The lowest BCUT2D eigenvalue weighted by molar-refractivity contribution is -0.116. The summed E-state index contributed by atoms with van der Waals surface area (Å²) in [5, 5.41) is 3.93. The summed E-state index contributed by atoms with van der Waals surface area (Å²) in [5.74, 6) is -0.478. The van der Waals surface area contributed by atoms with Crippen LogP contribution in [0.5, 0.6) is 0 Å². The molecule has 0 aliphatic heterocycles. The highest BCUT2D eigenvalue weighted by Gasteiger charge is 2.28. The average Bonchev–Trinajstić information content (AvgIpc) is 2.75. The molecular weight excluding hydrogens is 511 g/mol. The number of anilines is 1. The number of nitrogens with one attached hydrogen (secondary N) is 1. The predicted molar refractivity (Wildman–Crippen MR) is 132 cm³/mol. The molecule has 3 rings (SSSR count). The van der Waals surface area contributed by atoms with E-state index in [2.05, 4.69) is 5.32 Å². The molecule has 3 aromatic carbocycles. The average molecular weight is 530 g/mol. The number of nitrogens with zero attached hydrogens (tertiary/aromatic N) is 1. The zero-order valence-corrected chi connectivity index (χ0v) is 20.8. The Bertz CT molecular complexity index is 1220. The summed E-state index contributed by atoms with van der Waals surface area (Å²) in [4.78, 5) is 13.7. The van der Waals surface area contributed by atoms with Crippen molar-refractivity contribution in [3.8, 4) is 0 Å². The molecule has 10 heteroatoms. The minimum atomic E-state index is -4.03. The monoisotopic (exact) mass is 528 g/mol. The van der Waals surface area contributed by atoms with Crippen molar-refractivity contribution in [2.75, 3.05) is 18.1 Å². The van der Waals surface area contributed by atoms with Gasteiger partial charge >= 0.3 is 0 Å².